The van der Waals surface area contributed by atoms with Crippen molar-refractivity contribution in [1.29, 1.82) is 0 Å². The molecule has 6 aliphatic rings. The van der Waals surface area contributed by atoms with E-state index in [4.69, 9.17) is 85.6 Å². The molecule has 22 rings (SSSR count). The average molecular weight is 2280 g/mol. The quantitative estimate of drug-likeness (QED) is 0.0143. The molecule has 0 amide bonds. The van der Waals surface area contributed by atoms with E-state index in [0.717, 1.165) is 48.5 Å². The summed E-state index contributed by atoms with van der Waals surface area (Å²) in [5.74, 6) is -1.29. The molecule has 6 saturated heterocycles. The Balaban J connectivity index is 0.969. The molecule has 752 valence electrons. The van der Waals surface area contributed by atoms with Crippen LogP contribution in [0.5, 0.6) is 46.0 Å². The van der Waals surface area contributed by atoms with Gasteiger partial charge in [0.25, 0.3) is 0 Å². The number of hydrogen-bond donors (Lipinski definition) is 8. The van der Waals surface area contributed by atoms with Crippen molar-refractivity contribution < 1.29 is 161 Å². The SMILES string of the molecule is O=P(O)(Oc1ccccc1)c1cccc([Si]23O[Si]4(c5cccc(P(=O)(O)Oc6ccccc6)c5)O[Si]5(c6cccc(P(=O)(O)Oc7ccccc7)c6)O[Si](c6cccc(P(=O)(O)Oc7ccccc7)c6)(O2)O[Si]2(c6cccc(P(=O)(O)Oc7ccccc7)c6)O[Si](c6cccc(P(=O)(O)Oc7ccccc7)c6)(O3)O[Si](c3cccc(P(=O)(O)Oc6ccccc6)c3)(O4)O[Si](c3cccc(P(=O)(O)Oc4ccccc4)c3)(O5)O2)c1. The smallest absolute Gasteiger partial charge is 0.421 e. The zero-order chi connectivity index (χ0) is 103. The van der Waals surface area contributed by atoms with Gasteiger partial charge in [0, 0.05) is 41.5 Å². The van der Waals surface area contributed by atoms with Crippen molar-refractivity contribution in [3.8, 4) is 46.0 Å². The molecule has 0 spiro atoms. The second kappa shape index (κ2) is 39.8. The van der Waals surface area contributed by atoms with Gasteiger partial charge in [0.2, 0.25) is 0 Å². The summed E-state index contributed by atoms with van der Waals surface area (Å²) in [5, 5.41) is -9.57. The molecule has 8 bridgehead atoms. The Bertz CT molecular complexity index is 6680. The maximum Gasteiger partial charge on any atom is 0.515 e. The average Bonchev–Trinajstić information content (AvgIpc) is 0.660. The lowest BCUT2D eigenvalue weighted by Gasteiger charge is -2.62. The van der Waals surface area contributed by atoms with Gasteiger partial charge in [-0.2, -0.15) is 0 Å². The summed E-state index contributed by atoms with van der Waals surface area (Å²) in [4.78, 5) is 104. The van der Waals surface area contributed by atoms with Gasteiger partial charge in [-0.3, -0.25) is 0 Å². The Morgan fingerprint density at radius 3 is 0.324 bits per heavy atom. The molecule has 0 saturated carbocycles. The molecule has 6 fully saturated rings. The van der Waals surface area contributed by atoms with Gasteiger partial charge < -0.3 is 125 Å². The fourth-order valence-corrected chi connectivity index (χ4v) is 72.5. The van der Waals surface area contributed by atoms with Crippen LogP contribution in [0.2, 0.25) is 0 Å². The van der Waals surface area contributed by atoms with Gasteiger partial charge in [0.1, 0.15) is 46.0 Å². The van der Waals surface area contributed by atoms with E-state index in [0.29, 0.717) is 0 Å². The minimum absolute atomic E-state index is 0.162. The van der Waals surface area contributed by atoms with Gasteiger partial charge in [0.15, 0.2) is 0 Å². The molecule has 36 nitrogen and oxygen atoms in total. The molecule has 16 aromatic rings. The summed E-state index contributed by atoms with van der Waals surface area (Å²) in [5.41, 5.74) is 0. The van der Waals surface area contributed by atoms with E-state index >= 15 is 36.5 Å². The highest BCUT2D eigenvalue weighted by Gasteiger charge is 2.87. The van der Waals surface area contributed by atoms with Crippen LogP contribution < -0.4 is 120 Å². The second-order valence-electron chi connectivity index (χ2n) is 33.5. The first kappa shape index (κ1) is 103. The van der Waals surface area contributed by atoms with Gasteiger partial charge in [-0.25, -0.2) is 36.5 Å². The predicted molar refractivity (Wildman–Crippen MR) is 560 cm³/mol. The van der Waals surface area contributed by atoms with Crippen LogP contribution in [0.15, 0.2) is 437 Å². The minimum Gasteiger partial charge on any atom is -0.421 e. The molecule has 8 N–H and O–H groups in total. The molecule has 148 heavy (non-hydrogen) atoms. The molecule has 0 aliphatic carbocycles. The van der Waals surface area contributed by atoms with Crippen LogP contribution in [0.4, 0.5) is 0 Å². The molecular weight excluding hydrogens is 2200 g/mol. The van der Waals surface area contributed by atoms with Crippen LogP contribution >= 0.6 is 60.8 Å². The maximum absolute atomic E-state index is 16.0. The molecule has 52 heteroatoms. The van der Waals surface area contributed by atoms with Gasteiger partial charge in [-0.15, -0.1) is 0 Å². The van der Waals surface area contributed by atoms with Crippen LogP contribution in [0.1, 0.15) is 0 Å². The summed E-state index contributed by atoms with van der Waals surface area (Å²) in [6.07, 6.45) is 0. The van der Waals surface area contributed by atoms with Gasteiger partial charge >= 0.3 is 131 Å². The van der Waals surface area contributed by atoms with Crippen LogP contribution in [-0.2, 0) is 85.9 Å². The Morgan fingerprint density at radius 2 is 0.230 bits per heavy atom. The number of benzene rings is 16. The molecule has 0 aromatic heterocycles. The van der Waals surface area contributed by atoms with Crippen LogP contribution in [-0.4, -0.2) is 110 Å². The van der Waals surface area contributed by atoms with E-state index in [1.54, 1.807) is 48.5 Å². The van der Waals surface area contributed by atoms with E-state index in [-0.39, 0.29) is 46.0 Å². The third kappa shape index (κ3) is 20.7. The Labute approximate surface area is 853 Å². The van der Waals surface area contributed by atoms with Crippen molar-refractivity contribution in [2.45, 2.75) is 0 Å². The molecule has 6 heterocycles. The summed E-state index contributed by atoms with van der Waals surface area (Å²) in [6.45, 7) is 0. The highest BCUT2D eigenvalue weighted by atomic mass is 31.2. The van der Waals surface area contributed by atoms with Gasteiger partial charge in [0.05, 0.1) is 42.4 Å². The Hall–Kier alpha value is -11.3. The lowest BCUT2D eigenvalue weighted by molar-refractivity contribution is -0.00311. The van der Waals surface area contributed by atoms with Crippen LogP contribution in [0.3, 0.4) is 0 Å². The lowest BCUT2D eigenvalue weighted by atomic mass is 10.3. The fraction of sp³-hybridized carbons (Fsp3) is 0. The van der Waals surface area contributed by atoms with Crippen LogP contribution in [0.25, 0.3) is 0 Å². The van der Waals surface area contributed by atoms with E-state index in [1.165, 1.54) is 340 Å². The molecule has 6 aliphatic heterocycles. The topological polar surface area (TPSA) is 483 Å². The maximum atomic E-state index is 16.0. The number of para-hydroxylation sites is 8. The third-order valence-electron chi connectivity index (χ3n) is 23.2. The molecule has 8 unspecified atom stereocenters. The molecule has 16 aromatic carbocycles. The van der Waals surface area contributed by atoms with Crippen molar-refractivity contribution >= 4 is 215 Å². The minimum atomic E-state index is -6.78. The van der Waals surface area contributed by atoms with E-state index in [2.05, 4.69) is 0 Å². The normalized spacial score (nSPS) is 25.0. The summed E-state index contributed by atoms with van der Waals surface area (Å²) in [6, 6.07) is 96.7. The molecule has 0 radical (unpaired) electrons. The van der Waals surface area contributed by atoms with Crippen molar-refractivity contribution in [3.63, 3.8) is 0 Å². The van der Waals surface area contributed by atoms with E-state index in [9.17, 15) is 39.1 Å². The Kier molecular flexibility index (Phi) is 27.6. The first-order chi connectivity index (χ1) is 70.8. The predicted octanol–water partition coefficient (Wildman–Crippen LogP) is 10.1. The van der Waals surface area contributed by atoms with Gasteiger partial charge in [-0.05, 0) is 194 Å². The van der Waals surface area contributed by atoms with Gasteiger partial charge in [-0.1, -0.05) is 243 Å². The molecular formula is C96H80O36P8Si8. The third-order valence-corrected chi connectivity index (χ3v) is 68.3. The fourth-order valence-electron chi connectivity index (χ4n) is 16.4. The zero-order valence-electron chi connectivity index (χ0n) is 76.2. The largest absolute Gasteiger partial charge is 0.515 e. The highest BCUT2D eigenvalue weighted by Crippen LogP contribution is 2.55. The number of hydrogen-bond acceptors (Lipinski definition) is 28. The van der Waals surface area contributed by atoms with Crippen molar-refractivity contribution in [1.82, 2.24) is 0 Å². The van der Waals surface area contributed by atoms with E-state index in [1.807, 2.05) is 0 Å². The summed E-state index contributed by atoms with van der Waals surface area (Å²) in [7, 11) is -97.9. The standard InChI is InChI=1S/C96H80O36P8Si8/c97-133(98,113-73-33-9-1-10-34-73)81-49-25-57-89(65-81)141-121-142(90-58-26-50-82(66-90)134(99,100)114-74-35-11-2-12-36-74)124-145(93-61-29-53-85(69-93)137(105,106)117-77-41-17-5-18-42-77)126-143(122-141,91-59-27-51-83(67-91)135(101,102)115-75-37-13-3-14-38-75)128-147(95-63-31-55-87(71-95)139(109,110)119-79-45-21-7-22-46-79)129-144(123-141,92-60-28-52-84(68-92)136(103,104)116-76-39-15-4-16-40-76)127-146(125-142,94-62-30-54-86(70-94)138(107,108)118-78-43-19-6-20-44-78)131-148(130-145,132-147)96-64-32-56-88(72-96)140(111,112)120-80-47-23-8-24-48-80/h1-72H,(H,97,98)(H,99,100)(H,101,102)(H,103,104)(H,105,106)(H,107,108)(H,109,110)(H,111,112). The Morgan fingerprint density at radius 1 is 0.135 bits per heavy atom. The van der Waals surface area contributed by atoms with Crippen molar-refractivity contribution in [2.75, 3.05) is 0 Å². The summed E-state index contributed by atoms with van der Waals surface area (Å²) >= 11 is 0. The van der Waals surface area contributed by atoms with E-state index < -0.39 is 215 Å². The lowest BCUT2D eigenvalue weighted by Crippen LogP contribution is -2.96. The second-order valence-corrected chi connectivity index (χ2v) is 70.7. The van der Waals surface area contributed by atoms with Crippen molar-refractivity contribution in [2.24, 2.45) is 0 Å². The first-order valence-electron chi connectivity index (χ1n) is 44.7. The monoisotopic (exact) mass is 2280 g/mol. The zero-order valence-corrected chi connectivity index (χ0v) is 91.3. The highest BCUT2D eigenvalue weighted by molar-refractivity contribution is 7.64. The number of rotatable bonds is 32. The van der Waals surface area contributed by atoms with Crippen LogP contribution in [0, 0.1) is 0 Å². The molecule has 8 atom stereocenters. The van der Waals surface area contributed by atoms with Crippen molar-refractivity contribution in [3.05, 3.63) is 437 Å². The summed E-state index contributed by atoms with van der Waals surface area (Å²) < 4.78 is 278. The first-order valence-corrected chi connectivity index (χ1v) is 71.1.